The summed E-state index contributed by atoms with van der Waals surface area (Å²) in [6.07, 6.45) is 1.67. The Hall–Kier alpha value is -1.83. The molecule has 2 fully saturated rings. The molecule has 1 N–H and O–H groups in total. The number of Topliss-reactive ketones (excluding diaryl/α,β-unsaturated/α-hetero) is 1. The zero-order chi connectivity index (χ0) is 26.4. The van der Waals surface area contributed by atoms with E-state index < -0.39 is 23.6 Å². The first-order valence-corrected chi connectivity index (χ1v) is 14.1. The van der Waals surface area contributed by atoms with Crippen molar-refractivity contribution in [3.8, 4) is 0 Å². The van der Waals surface area contributed by atoms with Gasteiger partial charge in [0.05, 0.1) is 44.9 Å². The largest absolute Gasteiger partial charge is 0.457 e. The van der Waals surface area contributed by atoms with E-state index in [2.05, 4.69) is 25.8 Å². The van der Waals surface area contributed by atoms with Crippen molar-refractivity contribution in [2.75, 3.05) is 0 Å². The van der Waals surface area contributed by atoms with Crippen molar-refractivity contribution in [3.63, 3.8) is 0 Å². The zero-order valence-electron chi connectivity index (χ0n) is 22.7. The fraction of sp³-hybridized carbons (Fsp3) is 0.690. The van der Waals surface area contributed by atoms with Crippen LogP contribution in [0.5, 0.6) is 0 Å². The summed E-state index contributed by atoms with van der Waals surface area (Å²) in [5.41, 5.74) is 0.492. The zero-order valence-corrected chi connectivity index (χ0v) is 23.5. The highest BCUT2D eigenvalue weighted by Crippen LogP contribution is 2.47. The molecule has 0 saturated carbocycles. The van der Waals surface area contributed by atoms with E-state index in [1.165, 1.54) is 0 Å². The summed E-state index contributed by atoms with van der Waals surface area (Å²) in [6, 6.07) is 6.00. The Morgan fingerprint density at radius 2 is 1.86 bits per heavy atom. The molecule has 2 saturated heterocycles. The van der Waals surface area contributed by atoms with E-state index in [0.29, 0.717) is 12.3 Å². The second kappa shape index (κ2) is 10.1. The number of fused-ring (bicyclic) bond motifs is 2. The smallest absolute Gasteiger partial charge is 0.309 e. The Kier molecular flexibility index (Phi) is 7.67. The summed E-state index contributed by atoms with van der Waals surface area (Å²) in [4.78, 5) is 31.1. The van der Waals surface area contributed by atoms with Crippen LogP contribution in [0, 0.1) is 30.1 Å². The number of aromatic nitrogens is 1. The number of thiazole rings is 1. The third-order valence-corrected chi connectivity index (χ3v) is 9.84. The number of carbonyl (C=O) groups excluding carboxylic acids is 2. The second-order valence-corrected chi connectivity index (χ2v) is 13.2. The molecule has 2 aliphatic rings. The molecule has 7 heteroatoms. The van der Waals surface area contributed by atoms with Crippen LogP contribution < -0.4 is 0 Å². The van der Waals surface area contributed by atoms with Crippen LogP contribution in [0.4, 0.5) is 0 Å². The Bertz CT molecular complexity index is 1130. The number of ether oxygens (including phenoxy) is 2. The van der Waals surface area contributed by atoms with Gasteiger partial charge in [0.2, 0.25) is 0 Å². The van der Waals surface area contributed by atoms with Crippen LogP contribution in [-0.2, 0) is 19.1 Å². The van der Waals surface area contributed by atoms with Crippen molar-refractivity contribution in [1.82, 2.24) is 4.98 Å². The summed E-state index contributed by atoms with van der Waals surface area (Å²) in [5, 5.41) is 12.0. The maximum absolute atomic E-state index is 13.4. The lowest BCUT2D eigenvalue weighted by molar-refractivity contribution is -0.156. The van der Waals surface area contributed by atoms with Crippen molar-refractivity contribution in [2.24, 2.45) is 23.2 Å². The Labute approximate surface area is 218 Å². The van der Waals surface area contributed by atoms with Crippen LogP contribution in [0.15, 0.2) is 18.2 Å². The molecule has 198 valence electrons. The predicted molar refractivity (Wildman–Crippen MR) is 142 cm³/mol. The van der Waals surface area contributed by atoms with Gasteiger partial charge in [-0.15, -0.1) is 11.3 Å². The molecule has 0 unspecified atom stereocenters. The highest BCUT2D eigenvalue weighted by molar-refractivity contribution is 7.18. The first-order valence-electron chi connectivity index (χ1n) is 13.3. The minimum absolute atomic E-state index is 0.00525. The van der Waals surface area contributed by atoms with Gasteiger partial charge in [-0.1, -0.05) is 53.5 Å². The maximum Gasteiger partial charge on any atom is 0.309 e. The average Bonchev–Trinajstić information content (AvgIpc) is 3.28. The number of rotatable bonds is 1. The van der Waals surface area contributed by atoms with Gasteiger partial charge in [0, 0.05) is 12.3 Å². The number of esters is 1. The molecule has 0 amide bonds. The van der Waals surface area contributed by atoms with E-state index in [4.69, 9.17) is 9.47 Å². The van der Waals surface area contributed by atoms with E-state index in [-0.39, 0.29) is 35.7 Å². The van der Waals surface area contributed by atoms with Crippen LogP contribution in [0.2, 0.25) is 0 Å². The monoisotopic (exact) mass is 515 g/mol. The van der Waals surface area contributed by atoms with Gasteiger partial charge < -0.3 is 14.6 Å². The van der Waals surface area contributed by atoms with E-state index in [0.717, 1.165) is 40.1 Å². The number of hydrogen-bond donors (Lipinski definition) is 1. The highest BCUT2D eigenvalue weighted by atomic mass is 32.1. The molecule has 0 aliphatic carbocycles. The number of cyclic esters (lactones) is 1. The minimum atomic E-state index is -1.12. The SMILES string of the molecule is Cc1nc2cc([C@@H]3C[C@@H]4O[C@]4(C)CCC[C@H](C)[C@H](C)[C@@H](C)C(=O)C(C)(C)[C@@H](O)CC(=O)O3)ccc2s1. The lowest BCUT2D eigenvalue weighted by Crippen LogP contribution is -2.43. The molecule has 1 aromatic carbocycles. The molecule has 36 heavy (non-hydrogen) atoms. The van der Waals surface area contributed by atoms with Gasteiger partial charge in [-0.2, -0.15) is 0 Å². The molecule has 2 aromatic rings. The van der Waals surface area contributed by atoms with Crippen molar-refractivity contribution in [1.29, 1.82) is 0 Å². The number of aliphatic hydroxyl groups is 1. The van der Waals surface area contributed by atoms with Gasteiger partial charge in [-0.05, 0) is 49.8 Å². The van der Waals surface area contributed by atoms with E-state index in [1.54, 1.807) is 25.2 Å². The lowest BCUT2D eigenvalue weighted by Gasteiger charge is -2.35. The molecule has 1 aromatic heterocycles. The summed E-state index contributed by atoms with van der Waals surface area (Å²) < 4.78 is 13.2. The predicted octanol–water partition coefficient (Wildman–Crippen LogP) is 6.18. The summed E-state index contributed by atoms with van der Waals surface area (Å²) in [7, 11) is 0. The quantitative estimate of drug-likeness (QED) is 0.361. The molecule has 0 radical (unpaired) electrons. The number of hydrogen-bond acceptors (Lipinski definition) is 7. The number of nitrogens with zero attached hydrogens (tertiary/aromatic N) is 1. The number of aryl methyl sites for hydroxylation is 1. The maximum atomic E-state index is 13.4. The van der Waals surface area contributed by atoms with Crippen LogP contribution in [0.1, 0.15) is 90.3 Å². The van der Waals surface area contributed by atoms with Crippen LogP contribution >= 0.6 is 11.3 Å². The van der Waals surface area contributed by atoms with Gasteiger partial charge in [0.15, 0.2) is 0 Å². The summed E-state index contributed by atoms with van der Waals surface area (Å²) >= 11 is 1.63. The molecule has 2 aliphatic heterocycles. The first kappa shape index (κ1) is 27.2. The highest BCUT2D eigenvalue weighted by Gasteiger charge is 2.53. The van der Waals surface area contributed by atoms with E-state index in [1.807, 2.05) is 32.0 Å². The molecule has 4 rings (SSSR count). The Balaban J connectivity index is 1.61. The number of epoxide rings is 1. The molecule has 0 spiro atoms. The number of aliphatic hydroxyl groups excluding tert-OH is 1. The molecular formula is C29H41NO5S. The fourth-order valence-corrected chi connectivity index (χ4v) is 6.46. The Morgan fingerprint density at radius 3 is 2.58 bits per heavy atom. The standard InChI is InChI=1S/C29H41NO5S/c1-16-9-8-12-29(7)25(35-29)14-22(20-10-11-23-21(13-20)30-19(4)36-23)34-26(32)15-24(31)28(5,6)27(33)18(3)17(16)2/h10-11,13,16-18,22,24-25,31H,8-9,12,14-15H2,1-7H3/t16-,17-,18+,22-,24-,25-,29+/m0/s1. The third kappa shape index (κ3) is 5.53. The summed E-state index contributed by atoms with van der Waals surface area (Å²) in [5.74, 6) is -0.174. The second-order valence-electron chi connectivity index (χ2n) is 11.9. The third-order valence-electron chi connectivity index (χ3n) is 8.89. The van der Waals surface area contributed by atoms with Gasteiger partial charge in [-0.25, -0.2) is 4.98 Å². The lowest BCUT2D eigenvalue weighted by atomic mass is 9.70. The van der Waals surface area contributed by atoms with Crippen LogP contribution in [-0.4, -0.2) is 39.7 Å². The number of ketones is 1. The average molecular weight is 516 g/mol. The van der Waals surface area contributed by atoms with Gasteiger partial charge in [0.1, 0.15) is 11.9 Å². The molecule has 7 atom stereocenters. The van der Waals surface area contributed by atoms with Crippen molar-refractivity contribution in [3.05, 3.63) is 28.8 Å². The van der Waals surface area contributed by atoms with Crippen LogP contribution in [0.3, 0.4) is 0 Å². The molecule has 6 nitrogen and oxygen atoms in total. The topological polar surface area (TPSA) is 89.0 Å². The number of benzene rings is 1. The van der Waals surface area contributed by atoms with E-state index in [9.17, 15) is 14.7 Å². The minimum Gasteiger partial charge on any atom is -0.457 e. The van der Waals surface area contributed by atoms with Gasteiger partial charge >= 0.3 is 5.97 Å². The number of carbonyl (C=O) groups is 2. The van der Waals surface area contributed by atoms with Crippen molar-refractivity contribution in [2.45, 2.75) is 104 Å². The molecule has 0 bridgehead atoms. The van der Waals surface area contributed by atoms with Crippen molar-refractivity contribution >= 4 is 33.3 Å². The van der Waals surface area contributed by atoms with Crippen molar-refractivity contribution < 1.29 is 24.2 Å². The first-order chi connectivity index (χ1) is 16.8. The van der Waals surface area contributed by atoms with E-state index >= 15 is 0 Å². The van der Waals surface area contributed by atoms with Gasteiger partial charge in [-0.3, -0.25) is 9.59 Å². The fourth-order valence-electron chi connectivity index (χ4n) is 5.66. The normalized spacial score (nSPS) is 36.3. The molecule has 3 heterocycles. The van der Waals surface area contributed by atoms with Gasteiger partial charge in [0.25, 0.3) is 0 Å². The Morgan fingerprint density at radius 1 is 1.14 bits per heavy atom. The molecular weight excluding hydrogens is 474 g/mol. The summed E-state index contributed by atoms with van der Waals surface area (Å²) in [6.45, 7) is 13.9. The van der Waals surface area contributed by atoms with Crippen LogP contribution in [0.25, 0.3) is 10.2 Å².